The van der Waals surface area contributed by atoms with Gasteiger partial charge in [-0.2, -0.15) is 0 Å². The number of hydrogen-bond donors (Lipinski definition) is 1. The Bertz CT molecular complexity index is 722. The van der Waals surface area contributed by atoms with Crippen molar-refractivity contribution in [2.75, 3.05) is 12.8 Å². The molecule has 3 nitrogen and oxygen atoms in total. The fourth-order valence-corrected chi connectivity index (χ4v) is 2.87. The van der Waals surface area contributed by atoms with Crippen molar-refractivity contribution in [2.24, 2.45) is 0 Å². The highest BCUT2D eigenvalue weighted by molar-refractivity contribution is 7.19. The van der Waals surface area contributed by atoms with Crippen molar-refractivity contribution >= 4 is 16.3 Å². The van der Waals surface area contributed by atoms with Gasteiger partial charge in [0.15, 0.2) is 0 Å². The van der Waals surface area contributed by atoms with E-state index in [0.717, 1.165) is 32.6 Å². The molecule has 0 bridgehead atoms. The molecule has 2 N–H and O–H groups in total. The molecular formula is C16H14N2OS. The molecule has 3 aromatic rings. The smallest absolute Gasteiger partial charge is 0.126 e. The summed E-state index contributed by atoms with van der Waals surface area (Å²) in [6.45, 7) is 0. The van der Waals surface area contributed by atoms with Crippen LogP contribution >= 0.6 is 11.3 Å². The Labute approximate surface area is 121 Å². The Morgan fingerprint density at radius 3 is 2.50 bits per heavy atom. The summed E-state index contributed by atoms with van der Waals surface area (Å²) in [7, 11) is 1.65. The van der Waals surface area contributed by atoms with Gasteiger partial charge in [0, 0.05) is 11.1 Å². The van der Waals surface area contributed by atoms with Gasteiger partial charge in [0.2, 0.25) is 0 Å². The number of nitrogens with two attached hydrogens (primary N) is 1. The molecule has 20 heavy (non-hydrogen) atoms. The lowest BCUT2D eigenvalue weighted by Crippen LogP contribution is -1.87. The molecule has 0 saturated carbocycles. The van der Waals surface area contributed by atoms with Gasteiger partial charge in [-0.25, -0.2) is 4.98 Å². The summed E-state index contributed by atoms with van der Waals surface area (Å²) in [5.41, 5.74) is 8.98. The lowest BCUT2D eigenvalue weighted by atomic mass is 10.1. The van der Waals surface area contributed by atoms with Gasteiger partial charge in [0.05, 0.1) is 7.11 Å². The van der Waals surface area contributed by atoms with Crippen LogP contribution < -0.4 is 10.5 Å². The van der Waals surface area contributed by atoms with Crippen LogP contribution in [0.1, 0.15) is 0 Å². The van der Waals surface area contributed by atoms with Crippen molar-refractivity contribution in [3.63, 3.8) is 0 Å². The van der Waals surface area contributed by atoms with Crippen LogP contribution in [0.3, 0.4) is 0 Å². The van der Waals surface area contributed by atoms with Gasteiger partial charge in [-0.3, -0.25) is 0 Å². The van der Waals surface area contributed by atoms with Gasteiger partial charge in [0.25, 0.3) is 0 Å². The zero-order valence-corrected chi connectivity index (χ0v) is 11.9. The fraction of sp³-hybridized carbons (Fsp3) is 0.0625. The predicted molar refractivity (Wildman–Crippen MR) is 84.0 cm³/mol. The molecular weight excluding hydrogens is 268 g/mol. The number of aromatic nitrogens is 1. The molecule has 0 spiro atoms. The van der Waals surface area contributed by atoms with E-state index in [-0.39, 0.29) is 0 Å². The summed E-state index contributed by atoms with van der Waals surface area (Å²) in [5, 5.41) is 1.65. The van der Waals surface area contributed by atoms with E-state index in [4.69, 9.17) is 10.5 Å². The van der Waals surface area contributed by atoms with Crippen molar-refractivity contribution in [3.8, 4) is 27.6 Å². The van der Waals surface area contributed by atoms with Gasteiger partial charge >= 0.3 is 0 Å². The van der Waals surface area contributed by atoms with Gasteiger partial charge < -0.3 is 10.5 Å². The van der Waals surface area contributed by atoms with Crippen molar-refractivity contribution in [1.29, 1.82) is 0 Å². The van der Waals surface area contributed by atoms with Gasteiger partial charge in [0.1, 0.15) is 21.5 Å². The Balaban J connectivity index is 2.05. The second-order valence-corrected chi connectivity index (χ2v) is 5.36. The summed E-state index contributed by atoms with van der Waals surface area (Å²) in [4.78, 5) is 4.66. The van der Waals surface area contributed by atoms with E-state index >= 15 is 0 Å². The molecule has 3 rings (SSSR count). The number of nitrogens with zero attached hydrogens (tertiary/aromatic N) is 1. The van der Waals surface area contributed by atoms with Gasteiger partial charge in [-0.1, -0.05) is 53.8 Å². The fourth-order valence-electron chi connectivity index (χ4n) is 2.01. The molecule has 0 amide bonds. The summed E-state index contributed by atoms with van der Waals surface area (Å²) in [6, 6.07) is 17.8. The molecule has 0 fully saturated rings. The predicted octanol–water partition coefficient (Wildman–Crippen LogP) is 4.07. The molecule has 0 unspecified atom stereocenters. The number of ether oxygens (including phenoxy) is 1. The molecule has 0 aliphatic carbocycles. The van der Waals surface area contributed by atoms with Crippen LogP contribution in [0.25, 0.3) is 21.8 Å². The van der Waals surface area contributed by atoms with E-state index in [0.29, 0.717) is 0 Å². The van der Waals surface area contributed by atoms with Gasteiger partial charge in [-0.15, -0.1) is 0 Å². The maximum atomic E-state index is 6.12. The monoisotopic (exact) mass is 282 g/mol. The zero-order valence-electron chi connectivity index (χ0n) is 11.0. The number of methoxy groups -OCH3 is 1. The van der Waals surface area contributed by atoms with E-state index in [9.17, 15) is 0 Å². The molecule has 100 valence electrons. The average Bonchev–Trinajstić information content (AvgIpc) is 2.90. The van der Waals surface area contributed by atoms with E-state index in [2.05, 4.69) is 4.98 Å². The SMILES string of the molecule is COc1cccc(-c2nc(-c3ccccc3)sc2N)c1. The number of nitrogen functional groups attached to an aromatic ring is 1. The molecule has 0 aliphatic heterocycles. The Morgan fingerprint density at radius 2 is 1.75 bits per heavy atom. The first-order valence-corrected chi connectivity index (χ1v) is 7.06. The molecule has 1 heterocycles. The number of anilines is 1. The number of benzene rings is 2. The quantitative estimate of drug-likeness (QED) is 0.787. The maximum Gasteiger partial charge on any atom is 0.126 e. The molecule has 0 atom stereocenters. The minimum absolute atomic E-state index is 0.720. The van der Waals surface area contributed by atoms with Crippen LogP contribution in [0.4, 0.5) is 5.00 Å². The first-order chi connectivity index (χ1) is 9.78. The standard InChI is InChI=1S/C16H14N2OS/c1-19-13-9-5-8-12(10-13)14-15(17)20-16(18-14)11-6-3-2-4-7-11/h2-10H,17H2,1H3. The van der Waals surface area contributed by atoms with E-state index < -0.39 is 0 Å². The lowest BCUT2D eigenvalue weighted by Gasteiger charge is -2.02. The number of hydrogen-bond acceptors (Lipinski definition) is 4. The van der Waals surface area contributed by atoms with Crippen LogP contribution in [0, 0.1) is 0 Å². The average molecular weight is 282 g/mol. The largest absolute Gasteiger partial charge is 0.497 e. The highest BCUT2D eigenvalue weighted by atomic mass is 32.1. The second-order valence-electron chi connectivity index (χ2n) is 4.33. The Kier molecular flexibility index (Phi) is 3.39. The number of thiazole rings is 1. The summed E-state index contributed by atoms with van der Waals surface area (Å²) < 4.78 is 5.24. The minimum Gasteiger partial charge on any atom is -0.497 e. The van der Waals surface area contributed by atoms with Crippen LogP contribution in [0.15, 0.2) is 54.6 Å². The van der Waals surface area contributed by atoms with E-state index in [1.165, 1.54) is 11.3 Å². The van der Waals surface area contributed by atoms with Crippen LogP contribution in [-0.4, -0.2) is 12.1 Å². The highest BCUT2D eigenvalue weighted by Crippen LogP contribution is 2.36. The molecule has 0 saturated heterocycles. The second kappa shape index (κ2) is 5.35. The van der Waals surface area contributed by atoms with E-state index in [1.807, 2.05) is 54.6 Å². The number of rotatable bonds is 3. The van der Waals surface area contributed by atoms with Crippen molar-refractivity contribution < 1.29 is 4.74 Å². The van der Waals surface area contributed by atoms with Crippen LogP contribution in [0.2, 0.25) is 0 Å². The normalized spacial score (nSPS) is 10.4. The first-order valence-electron chi connectivity index (χ1n) is 6.24. The topological polar surface area (TPSA) is 48.1 Å². The minimum atomic E-state index is 0.720. The molecule has 1 aromatic heterocycles. The van der Waals surface area contributed by atoms with E-state index in [1.54, 1.807) is 7.11 Å². The third-order valence-electron chi connectivity index (χ3n) is 3.02. The molecule has 0 radical (unpaired) electrons. The van der Waals surface area contributed by atoms with Crippen molar-refractivity contribution in [3.05, 3.63) is 54.6 Å². The summed E-state index contributed by atoms with van der Waals surface area (Å²) in [5.74, 6) is 0.802. The third kappa shape index (κ3) is 2.38. The third-order valence-corrected chi connectivity index (χ3v) is 3.95. The van der Waals surface area contributed by atoms with Gasteiger partial charge in [-0.05, 0) is 12.1 Å². The van der Waals surface area contributed by atoms with Crippen LogP contribution in [0.5, 0.6) is 5.75 Å². The van der Waals surface area contributed by atoms with Crippen molar-refractivity contribution in [2.45, 2.75) is 0 Å². The summed E-state index contributed by atoms with van der Waals surface area (Å²) in [6.07, 6.45) is 0. The molecule has 0 aliphatic rings. The molecule has 4 heteroatoms. The van der Waals surface area contributed by atoms with Crippen LogP contribution in [-0.2, 0) is 0 Å². The van der Waals surface area contributed by atoms with Crippen molar-refractivity contribution in [1.82, 2.24) is 4.98 Å². The lowest BCUT2D eigenvalue weighted by molar-refractivity contribution is 0.415. The Hall–Kier alpha value is -2.33. The maximum absolute atomic E-state index is 6.12. The molecule has 2 aromatic carbocycles. The summed E-state index contributed by atoms with van der Waals surface area (Å²) >= 11 is 1.50. The Morgan fingerprint density at radius 1 is 1.00 bits per heavy atom. The zero-order chi connectivity index (χ0) is 13.9. The first kappa shape index (κ1) is 12.7. The highest BCUT2D eigenvalue weighted by Gasteiger charge is 2.12.